The molecule has 0 saturated carbocycles. The second-order valence-corrected chi connectivity index (χ2v) is 8.50. The van der Waals surface area contributed by atoms with Crippen LogP contribution in [0.1, 0.15) is 36.8 Å². The van der Waals surface area contributed by atoms with Crippen molar-refractivity contribution in [2.75, 3.05) is 27.2 Å². The summed E-state index contributed by atoms with van der Waals surface area (Å²) in [4.78, 5) is 37.9. The number of rotatable bonds is 10. The fourth-order valence-electron chi connectivity index (χ4n) is 4.13. The van der Waals surface area contributed by atoms with Gasteiger partial charge in [0.25, 0.3) is 0 Å². The number of hydrogen-bond donors (Lipinski definition) is 3. The Labute approximate surface area is 193 Å². The highest BCUT2D eigenvalue weighted by atomic mass is 16.5. The highest BCUT2D eigenvalue weighted by molar-refractivity contribution is 5.84. The number of nitrogens with zero attached hydrogens (tertiary/aromatic N) is 1. The summed E-state index contributed by atoms with van der Waals surface area (Å²) in [5.41, 5.74) is 4.55. The van der Waals surface area contributed by atoms with Crippen LogP contribution in [0.25, 0.3) is 11.1 Å². The van der Waals surface area contributed by atoms with E-state index >= 15 is 0 Å². The van der Waals surface area contributed by atoms with Crippen molar-refractivity contribution < 1.29 is 24.2 Å². The predicted molar refractivity (Wildman–Crippen MR) is 125 cm³/mol. The van der Waals surface area contributed by atoms with Crippen LogP contribution >= 0.6 is 0 Å². The van der Waals surface area contributed by atoms with E-state index in [0.717, 1.165) is 22.3 Å². The van der Waals surface area contributed by atoms with E-state index in [9.17, 15) is 19.5 Å². The molecule has 8 heteroatoms. The second-order valence-electron chi connectivity index (χ2n) is 8.50. The van der Waals surface area contributed by atoms with Gasteiger partial charge >= 0.3 is 12.1 Å². The van der Waals surface area contributed by atoms with Gasteiger partial charge in [0.1, 0.15) is 12.6 Å². The maximum Gasteiger partial charge on any atom is 0.407 e. The molecule has 0 spiro atoms. The lowest BCUT2D eigenvalue weighted by atomic mass is 9.98. The molecule has 1 aliphatic carbocycles. The number of likely N-dealkylation sites (N-methyl/N-ethyl adjacent to an activating group) is 1. The van der Waals surface area contributed by atoms with E-state index in [-0.39, 0.29) is 25.5 Å². The molecule has 0 bridgehead atoms. The van der Waals surface area contributed by atoms with Crippen molar-refractivity contribution in [1.82, 2.24) is 15.5 Å². The standard InChI is InChI=1S/C25H31N3O5/c1-4-16(13-23(29)27-22(24(30)31)14-28(2)3)26-25(32)33-15-21-19-11-7-5-9-17(19)18-10-6-8-12-20(18)21/h5-12,16,21-22H,4,13-15H2,1-3H3,(H,26,32)(H,27,29)(H,30,31)/t16-,22?/m1/s1. The molecule has 0 radical (unpaired) electrons. The van der Waals surface area contributed by atoms with Gasteiger partial charge in [-0.25, -0.2) is 9.59 Å². The third kappa shape index (κ3) is 6.10. The van der Waals surface area contributed by atoms with E-state index in [2.05, 4.69) is 22.8 Å². The summed E-state index contributed by atoms with van der Waals surface area (Å²) in [6.07, 6.45) is -0.124. The number of carboxylic acid groups (broad SMARTS) is 1. The van der Waals surface area contributed by atoms with Crippen LogP contribution in [0.5, 0.6) is 0 Å². The molecule has 2 aromatic carbocycles. The molecule has 2 atom stereocenters. The molecule has 1 aliphatic rings. The quantitative estimate of drug-likeness (QED) is 0.511. The minimum Gasteiger partial charge on any atom is -0.480 e. The monoisotopic (exact) mass is 453 g/mol. The van der Waals surface area contributed by atoms with E-state index in [1.165, 1.54) is 0 Å². The Kier molecular flexibility index (Phi) is 8.06. The van der Waals surface area contributed by atoms with Gasteiger partial charge in [0.05, 0.1) is 0 Å². The summed E-state index contributed by atoms with van der Waals surface area (Å²) in [5, 5.41) is 14.5. The lowest BCUT2D eigenvalue weighted by Gasteiger charge is -2.21. The highest BCUT2D eigenvalue weighted by Gasteiger charge is 2.29. The normalized spacial score (nSPS) is 14.2. The third-order valence-corrected chi connectivity index (χ3v) is 5.77. The molecule has 3 N–H and O–H groups in total. The fraction of sp³-hybridized carbons (Fsp3) is 0.400. The lowest BCUT2D eigenvalue weighted by molar-refractivity contribution is -0.142. The lowest BCUT2D eigenvalue weighted by Crippen LogP contribution is -2.48. The molecule has 2 aromatic rings. The summed E-state index contributed by atoms with van der Waals surface area (Å²) in [6, 6.07) is 14.7. The van der Waals surface area contributed by atoms with Crippen molar-refractivity contribution in [2.24, 2.45) is 0 Å². The maximum atomic E-state index is 12.5. The molecule has 0 aromatic heterocycles. The molecule has 0 aliphatic heterocycles. The van der Waals surface area contributed by atoms with Crippen LogP contribution < -0.4 is 10.6 Å². The zero-order chi connectivity index (χ0) is 24.0. The highest BCUT2D eigenvalue weighted by Crippen LogP contribution is 2.44. The number of hydrogen-bond acceptors (Lipinski definition) is 5. The largest absolute Gasteiger partial charge is 0.480 e. The van der Waals surface area contributed by atoms with Gasteiger partial charge in [-0.05, 0) is 42.8 Å². The van der Waals surface area contributed by atoms with Gasteiger partial charge in [-0.15, -0.1) is 0 Å². The first kappa shape index (κ1) is 24.3. The molecule has 8 nitrogen and oxygen atoms in total. The fourth-order valence-corrected chi connectivity index (χ4v) is 4.13. The number of nitrogens with one attached hydrogen (secondary N) is 2. The molecule has 1 unspecified atom stereocenters. The van der Waals surface area contributed by atoms with E-state index < -0.39 is 30.1 Å². The van der Waals surface area contributed by atoms with Crippen LogP contribution in [0.4, 0.5) is 4.79 Å². The van der Waals surface area contributed by atoms with Crippen molar-refractivity contribution in [3.63, 3.8) is 0 Å². The molecule has 33 heavy (non-hydrogen) atoms. The van der Waals surface area contributed by atoms with Crippen molar-refractivity contribution >= 4 is 18.0 Å². The van der Waals surface area contributed by atoms with E-state index in [1.54, 1.807) is 19.0 Å². The molecular weight excluding hydrogens is 422 g/mol. The van der Waals surface area contributed by atoms with Gasteiger partial charge in [-0.1, -0.05) is 55.5 Å². The molecular formula is C25H31N3O5. The molecule has 176 valence electrons. The molecule has 0 saturated heterocycles. The summed E-state index contributed by atoms with van der Waals surface area (Å²) >= 11 is 0. The predicted octanol–water partition coefficient (Wildman–Crippen LogP) is 2.82. The Morgan fingerprint density at radius 2 is 1.58 bits per heavy atom. The first-order valence-electron chi connectivity index (χ1n) is 11.1. The van der Waals surface area contributed by atoms with E-state index in [1.807, 2.05) is 43.3 Å². The Morgan fingerprint density at radius 3 is 2.09 bits per heavy atom. The minimum atomic E-state index is -1.10. The summed E-state index contributed by atoms with van der Waals surface area (Å²) in [6.45, 7) is 2.21. The van der Waals surface area contributed by atoms with Crippen LogP contribution in [-0.4, -0.2) is 67.3 Å². The molecule has 0 fully saturated rings. The van der Waals surface area contributed by atoms with Crippen molar-refractivity contribution in [1.29, 1.82) is 0 Å². The van der Waals surface area contributed by atoms with Crippen LogP contribution in [0.2, 0.25) is 0 Å². The number of carbonyl (C=O) groups excluding carboxylic acids is 2. The van der Waals surface area contributed by atoms with Gasteiger partial charge < -0.3 is 25.4 Å². The Morgan fingerprint density at radius 1 is 1.00 bits per heavy atom. The third-order valence-electron chi connectivity index (χ3n) is 5.77. The van der Waals surface area contributed by atoms with Crippen molar-refractivity contribution in [2.45, 2.75) is 37.8 Å². The van der Waals surface area contributed by atoms with E-state index in [0.29, 0.717) is 6.42 Å². The average Bonchev–Trinajstić information content (AvgIpc) is 3.10. The Hall–Kier alpha value is -3.39. The number of amides is 2. The van der Waals surface area contributed by atoms with Gasteiger partial charge in [0.2, 0.25) is 5.91 Å². The zero-order valence-electron chi connectivity index (χ0n) is 19.2. The number of carbonyl (C=O) groups is 3. The number of carboxylic acids is 1. The Balaban J connectivity index is 1.55. The van der Waals surface area contributed by atoms with Gasteiger partial charge in [-0.2, -0.15) is 0 Å². The van der Waals surface area contributed by atoms with Gasteiger partial charge in [-0.3, -0.25) is 4.79 Å². The summed E-state index contributed by atoms with van der Waals surface area (Å²) in [7, 11) is 3.46. The maximum absolute atomic E-state index is 12.5. The van der Waals surface area contributed by atoms with Gasteiger partial charge in [0, 0.05) is 24.9 Å². The van der Waals surface area contributed by atoms with Crippen LogP contribution in [0.15, 0.2) is 48.5 Å². The van der Waals surface area contributed by atoms with Crippen molar-refractivity contribution in [3.05, 3.63) is 59.7 Å². The number of ether oxygens (including phenoxy) is 1. The number of alkyl carbamates (subject to hydrolysis) is 1. The van der Waals surface area contributed by atoms with Crippen LogP contribution in [-0.2, 0) is 14.3 Å². The number of fused-ring (bicyclic) bond motifs is 3. The van der Waals surface area contributed by atoms with Crippen molar-refractivity contribution in [3.8, 4) is 11.1 Å². The first-order valence-corrected chi connectivity index (χ1v) is 11.1. The van der Waals surface area contributed by atoms with Gasteiger partial charge in [0.15, 0.2) is 0 Å². The molecule has 0 heterocycles. The first-order chi connectivity index (χ1) is 15.8. The second kappa shape index (κ2) is 11.0. The molecule has 2 amide bonds. The SMILES string of the molecule is CC[C@H](CC(=O)NC(CN(C)C)C(=O)O)NC(=O)OCC1c2ccccc2-c2ccccc21. The molecule has 3 rings (SSSR count). The minimum absolute atomic E-state index is 0.0299. The number of benzene rings is 2. The summed E-state index contributed by atoms with van der Waals surface area (Å²) in [5.74, 6) is -1.58. The number of aliphatic carboxylic acids is 1. The summed E-state index contributed by atoms with van der Waals surface area (Å²) < 4.78 is 5.54. The zero-order valence-corrected chi connectivity index (χ0v) is 19.2. The topological polar surface area (TPSA) is 108 Å². The smallest absolute Gasteiger partial charge is 0.407 e. The Bertz CT molecular complexity index is 962. The average molecular weight is 454 g/mol. The van der Waals surface area contributed by atoms with E-state index in [4.69, 9.17) is 4.74 Å². The van der Waals surface area contributed by atoms with Crippen LogP contribution in [0, 0.1) is 0 Å². The van der Waals surface area contributed by atoms with Crippen LogP contribution in [0.3, 0.4) is 0 Å².